The third-order valence-electron chi connectivity index (χ3n) is 8.82. The lowest BCUT2D eigenvalue weighted by Crippen LogP contribution is -2.58. The highest BCUT2D eigenvalue weighted by Gasteiger charge is 2.31. The lowest BCUT2D eigenvalue weighted by molar-refractivity contribution is -0.384. The Hall–Kier alpha value is -4.60. The number of rotatable bonds is 25. The average molecular weight is 748 g/mol. The molecule has 0 saturated heterocycles. The molecule has 0 radical (unpaired) electrons. The van der Waals surface area contributed by atoms with Crippen molar-refractivity contribution < 1.29 is 38.8 Å². The first-order valence-electron chi connectivity index (χ1n) is 18.6. The van der Waals surface area contributed by atoms with E-state index in [-0.39, 0.29) is 55.8 Å². The van der Waals surface area contributed by atoms with Crippen LogP contribution in [0.2, 0.25) is 0 Å². The molecule has 5 amide bonds. The van der Waals surface area contributed by atoms with Crippen LogP contribution in [0.3, 0.4) is 0 Å². The normalized spacial score (nSPS) is 14.6. The van der Waals surface area contributed by atoms with Crippen LogP contribution in [0.5, 0.6) is 0 Å². The summed E-state index contributed by atoms with van der Waals surface area (Å²) >= 11 is 0. The molecule has 0 saturated carbocycles. The van der Waals surface area contributed by atoms with Crippen molar-refractivity contribution in [3.63, 3.8) is 0 Å². The SMILES string of the molecule is CCC[C@H](NC(=O)[C@@H](NC(=O)CCCC(=O)O)[C@@H](C)CC)C(=O)N[C@H](CN[C@@H](C)C(=O)N[C@H](C(=O)NCc1cccc([N+](=O)[O-])c1)C(C)C)CC(C)C. The van der Waals surface area contributed by atoms with Gasteiger partial charge in [-0.05, 0) is 49.5 Å². The Bertz CT molecular complexity index is 1390. The van der Waals surface area contributed by atoms with Gasteiger partial charge in [-0.3, -0.25) is 38.9 Å². The van der Waals surface area contributed by atoms with Gasteiger partial charge >= 0.3 is 5.97 Å². The van der Waals surface area contributed by atoms with Crippen LogP contribution in [-0.2, 0) is 35.3 Å². The van der Waals surface area contributed by atoms with Crippen molar-refractivity contribution in [1.29, 1.82) is 0 Å². The van der Waals surface area contributed by atoms with E-state index in [2.05, 4.69) is 31.9 Å². The van der Waals surface area contributed by atoms with Gasteiger partial charge in [0, 0.05) is 44.1 Å². The van der Waals surface area contributed by atoms with Gasteiger partial charge in [-0.1, -0.05) is 73.4 Å². The number of carbonyl (C=O) groups excluding carboxylic acids is 5. The van der Waals surface area contributed by atoms with Crippen molar-refractivity contribution in [1.82, 2.24) is 31.9 Å². The summed E-state index contributed by atoms with van der Waals surface area (Å²) in [5.41, 5.74) is 0.453. The number of hydrogen-bond acceptors (Lipinski definition) is 9. The highest BCUT2D eigenvalue weighted by atomic mass is 16.6. The lowest BCUT2D eigenvalue weighted by Gasteiger charge is -2.29. The molecule has 0 aliphatic carbocycles. The number of nitrogens with zero attached hydrogens (tertiary/aromatic N) is 1. The standard InChI is InChI=1S/C37H61N7O9/c1-9-13-29(41-37(51)33(24(7)10-2)42-30(45)16-12-17-31(46)47)35(49)40-27(18-22(3)4)21-38-25(8)34(48)43-32(23(5)6)36(50)39-20-26-14-11-15-28(19-26)44(52)53/h11,14-15,19,22-25,27,29,32-33,38H,9-10,12-13,16-18,20-21H2,1-8H3,(H,39,50)(H,40,49)(H,41,51)(H,42,45)(H,43,48)(H,46,47)/t24-,25-,27-,29-,32-,33-/m0/s1. The first kappa shape index (κ1) is 46.4. The molecule has 0 fully saturated rings. The fraction of sp³-hybridized carbons (Fsp3) is 0.676. The average Bonchev–Trinajstić information content (AvgIpc) is 3.09. The number of carboxylic acid groups (broad SMARTS) is 1. The first-order chi connectivity index (χ1) is 24.9. The van der Waals surface area contributed by atoms with Crippen LogP contribution in [0.1, 0.15) is 106 Å². The van der Waals surface area contributed by atoms with Crippen molar-refractivity contribution in [2.45, 2.75) is 137 Å². The van der Waals surface area contributed by atoms with E-state index >= 15 is 0 Å². The van der Waals surface area contributed by atoms with Crippen LogP contribution in [-0.4, -0.2) is 82.3 Å². The minimum atomic E-state index is -1.01. The van der Waals surface area contributed by atoms with Crippen LogP contribution in [0.4, 0.5) is 5.69 Å². The maximum Gasteiger partial charge on any atom is 0.303 e. The molecule has 1 aromatic rings. The Labute approximate surface area is 312 Å². The third kappa shape index (κ3) is 17.6. The third-order valence-corrected chi connectivity index (χ3v) is 8.82. The fourth-order valence-corrected chi connectivity index (χ4v) is 5.53. The van der Waals surface area contributed by atoms with Crippen LogP contribution in [0.15, 0.2) is 24.3 Å². The molecule has 0 aliphatic heterocycles. The molecule has 0 bridgehead atoms. The van der Waals surface area contributed by atoms with Crippen molar-refractivity contribution in [2.24, 2.45) is 17.8 Å². The van der Waals surface area contributed by atoms with Gasteiger partial charge in [-0.25, -0.2) is 0 Å². The van der Waals surface area contributed by atoms with Gasteiger partial charge in [0.25, 0.3) is 5.69 Å². The smallest absolute Gasteiger partial charge is 0.303 e. The summed E-state index contributed by atoms with van der Waals surface area (Å²) in [7, 11) is 0. The Balaban J connectivity index is 2.91. The summed E-state index contributed by atoms with van der Waals surface area (Å²) in [4.78, 5) is 87.2. The van der Waals surface area contributed by atoms with E-state index in [4.69, 9.17) is 5.11 Å². The zero-order valence-electron chi connectivity index (χ0n) is 32.5. The molecule has 6 atom stereocenters. The number of non-ortho nitro benzene ring substituents is 1. The fourth-order valence-electron chi connectivity index (χ4n) is 5.53. The van der Waals surface area contributed by atoms with E-state index in [1.54, 1.807) is 26.8 Å². The monoisotopic (exact) mass is 747 g/mol. The van der Waals surface area contributed by atoms with Gasteiger partial charge in [0.1, 0.15) is 18.1 Å². The van der Waals surface area contributed by atoms with Crippen LogP contribution in [0, 0.1) is 27.9 Å². The molecule has 53 heavy (non-hydrogen) atoms. The number of amides is 5. The highest BCUT2D eigenvalue weighted by Crippen LogP contribution is 2.14. The molecule has 0 spiro atoms. The first-order valence-corrected chi connectivity index (χ1v) is 18.6. The molecule has 7 N–H and O–H groups in total. The molecule has 1 aromatic carbocycles. The molecule has 0 aromatic heterocycles. The Morgan fingerprint density at radius 3 is 2.08 bits per heavy atom. The van der Waals surface area contributed by atoms with Crippen molar-refractivity contribution >= 4 is 41.2 Å². The number of carbonyl (C=O) groups is 6. The molecule has 16 nitrogen and oxygen atoms in total. The molecule has 298 valence electrons. The van der Waals surface area contributed by atoms with Gasteiger partial charge in [-0.15, -0.1) is 0 Å². The van der Waals surface area contributed by atoms with E-state index in [0.29, 0.717) is 31.2 Å². The molecule has 0 unspecified atom stereocenters. The Morgan fingerprint density at radius 1 is 0.830 bits per heavy atom. The summed E-state index contributed by atoms with van der Waals surface area (Å²) in [5, 5.41) is 37.2. The van der Waals surface area contributed by atoms with E-state index in [0.717, 1.165) is 0 Å². The van der Waals surface area contributed by atoms with Crippen molar-refractivity contribution in [3.05, 3.63) is 39.9 Å². The molecular formula is C37H61N7O9. The molecular weight excluding hydrogens is 686 g/mol. The van der Waals surface area contributed by atoms with E-state index in [1.165, 1.54) is 18.2 Å². The molecule has 16 heteroatoms. The Kier molecular flexibility index (Phi) is 20.9. The molecule has 0 aliphatic rings. The van der Waals surface area contributed by atoms with Gasteiger partial charge in [0.15, 0.2) is 0 Å². The van der Waals surface area contributed by atoms with Gasteiger partial charge in [-0.2, -0.15) is 0 Å². The predicted molar refractivity (Wildman–Crippen MR) is 200 cm³/mol. The van der Waals surface area contributed by atoms with E-state index < -0.39 is 70.6 Å². The Morgan fingerprint density at radius 2 is 1.51 bits per heavy atom. The summed E-state index contributed by atoms with van der Waals surface area (Å²) in [6, 6.07) is 2.11. The van der Waals surface area contributed by atoms with Crippen molar-refractivity contribution in [3.8, 4) is 0 Å². The summed E-state index contributed by atoms with van der Waals surface area (Å²) < 4.78 is 0. The minimum absolute atomic E-state index is 0.0419. The minimum Gasteiger partial charge on any atom is -0.481 e. The zero-order valence-corrected chi connectivity index (χ0v) is 32.5. The van der Waals surface area contributed by atoms with Gasteiger partial charge in [0.05, 0.1) is 11.0 Å². The second-order valence-electron chi connectivity index (χ2n) is 14.4. The number of benzene rings is 1. The summed E-state index contributed by atoms with van der Waals surface area (Å²) in [6.45, 7) is 15.1. The second kappa shape index (κ2) is 23.9. The maximum atomic E-state index is 13.6. The maximum absolute atomic E-state index is 13.6. The summed E-state index contributed by atoms with van der Waals surface area (Å²) in [6.07, 6.45) is 2.02. The van der Waals surface area contributed by atoms with Crippen molar-refractivity contribution in [2.75, 3.05) is 6.54 Å². The molecule has 1 rings (SSSR count). The quantitative estimate of drug-likeness (QED) is 0.0570. The number of nitro benzene ring substituents is 1. The highest BCUT2D eigenvalue weighted by molar-refractivity contribution is 5.92. The van der Waals surface area contributed by atoms with Gasteiger partial charge < -0.3 is 37.0 Å². The van der Waals surface area contributed by atoms with E-state index in [1.807, 2.05) is 34.6 Å². The largest absolute Gasteiger partial charge is 0.481 e. The predicted octanol–water partition coefficient (Wildman–Crippen LogP) is 2.93. The topological polar surface area (TPSA) is 238 Å². The van der Waals surface area contributed by atoms with Crippen LogP contribution in [0.25, 0.3) is 0 Å². The number of nitrogens with one attached hydrogen (secondary N) is 6. The number of nitro groups is 1. The number of aliphatic carboxylic acids is 1. The van der Waals surface area contributed by atoms with Gasteiger partial charge in [0.2, 0.25) is 29.5 Å². The van der Waals surface area contributed by atoms with E-state index in [9.17, 15) is 38.9 Å². The summed E-state index contributed by atoms with van der Waals surface area (Å²) in [5.74, 6) is -3.55. The zero-order chi connectivity index (χ0) is 40.2. The number of carboxylic acids is 1. The second-order valence-corrected chi connectivity index (χ2v) is 14.4. The van der Waals surface area contributed by atoms with Crippen LogP contribution < -0.4 is 31.9 Å². The lowest BCUT2D eigenvalue weighted by atomic mass is 9.97. The van der Waals surface area contributed by atoms with Crippen LogP contribution >= 0.6 is 0 Å². The molecule has 0 heterocycles. The number of hydrogen-bond donors (Lipinski definition) is 7.